The molecule has 0 saturated carbocycles. The Morgan fingerprint density at radius 1 is 0.758 bits per heavy atom. The molecule has 334 valence electrons. The van der Waals surface area contributed by atoms with Crippen molar-refractivity contribution in [3.63, 3.8) is 0 Å². The van der Waals surface area contributed by atoms with Gasteiger partial charge in [0.05, 0.1) is 31.0 Å². The second-order valence-electron chi connectivity index (χ2n) is 15.9. The first-order valence-corrected chi connectivity index (χ1v) is 21.4. The van der Waals surface area contributed by atoms with Gasteiger partial charge in [-0.05, 0) is 41.9 Å². The summed E-state index contributed by atoms with van der Waals surface area (Å²) in [7, 11) is 0. The number of carbonyl (C=O) groups is 7. The maximum atomic E-state index is 14.3. The quantitative estimate of drug-likeness (QED) is 0.0260. The molecule has 0 spiro atoms. The third kappa shape index (κ3) is 16.2. The summed E-state index contributed by atoms with van der Waals surface area (Å²) in [6.45, 7) is 9.70. The topological polar surface area (TPSA) is 194 Å². The van der Waals surface area contributed by atoms with E-state index in [2.05, 4.69) is 22.5 Å². The highest BCUT2D eigenvalue weighted by Crippen LogP contribution is 2.41. The minimum atomic E-state index is -1.25. The van der Waals surface area contributed by atoms with Crippen molar-refractivity contribution >= 4 is 41.2 Å². The summed E-state index contributed by atoms with van der Waals surface area (Å²) in [6.07, 6.45) is 3.37. The van der Waals surface area contributed by atoms with Crippen molar-refractivity contribution in [3.8, 4) is 0 Å². The molecule has 0 aliphatic rings. The van der Waals surface area contributed by atoms with E-state index in [0.717, 1.165) is 29.5 Å². The van der Waals surface area contributed by atoms with E-state index < -0.39 is 77.3 Å². The zero-order chi connectivity index (χ0) is 45.5. The van der Waals surface area contributed by atoms with Crippen molar-refractivity contribution in [2.24, 2.45) is 17.8 Å². The minimum absolute atomic E-state index is 0.0622. The Labute approximate surface area is 365 Å². The van der Waals surface area contributed by atoms with Gasteiger partial charge in [0.2, 0.25) is 17.7 Å². The van der Waals surface area contributed by atoms with Gasteiger partial charge in [0.25, 0.3) is 0 Å². The molecule has 3 aromatic rings. The van der Waals surface area contributed by atoms with Crippen LogP contribution < -0.4 is 16.0 Å². The summed E-state index contributed by atoms with van der Waals surface area (Å²) < 4.78 is 12.1. The van der Waals surface area contributed by atoms with Crippen molar-refractivity contribution in [3.05, 3.63) is 120 Å². The van der Waals surface area contributed by atoms with Gasteiger partial charge in [-0.2, -0.15) is 0 Å². The molecular formula is C49H63N3O10. The first-order valence-electron chi connectivity index (χ1n) is 21.4. The van der Waals surface area contributed by atoms with Crippen LogP contribution in [0.4, 0.5) is 0 Å². The van der Waals surface area contributed by atoms with E-state index in [0.29, 0.717) is 12.8 Å². The molecule has 0 bridgehead atoms. The van der Waals surface area contributed by atoms with E-state index >= 15 is 0 Å². The molecule has 0 fully saturated rings. The number of unbranched alkanes of at least 4 members (excludes halogenated alkanes) is 2. The van der Waals surface area contributed by atoms with Crippen LogP contribution >= 0.6 is 0 Å². The van der Waals surface area contributed by atoms with E-state index in [9.17, 15) is 38.7 Å². The first kappa shape index (κ1) is 50.4. The normalized spacial score (nSPS) is 13.2. The van der Waals surface area contributed by atoms with Gasteiger partial charge in [-0.15, -0.1) is 0 Å². The summed E-state index contributed by atoms with van der Waals surface area (Å²) in [4.78, 5) is 91.4. The summed E-state index contributed by atoms with van der Waals surface area (Å²) >= 11 is 0. The average molecular weight is 854 g/mol. The lowest BCUT2D eigenvalue weighted by Crippen LogP contribution is -2.46. The number of carboxylic acid groups (broad SMARTS) is 1. The number of Topliss-reactive ketones (excluding diaryl/α,β-unsaturated/α-hetero) is 2. The fourth-order valence-corrected chi connectivity index (χ4v) is 7.26. The number of ketones is 2. The number of carboxylic acids is 1. The van der Waals surface area contributed by atoms with Crippen LogP contribution in [0.3, 0.4) is 0 Å². The van der Waals surface area contributed by atoms with Gasteiger partial charge < -0.3 is 30.5 Å². The number of carbonyl (C=O) groups excluding carboxylic acids is 6. The Bertz CT molecular complexity index is 1820. The van der Waals surface area contributed by atoms with E-state index in [1.807, 2.05) is 112 Å². The van der Waals surface area contributed by atoms with Crippen LogP contribution in [0.2, 0.25) is 0 Å². The summed E-state index contributed by atoms with van der Waals surface area (Å²) in [5.74, 6) is -6.54. The molecule has 4 atom stereocenters. The smallest absolute Gasteiger partial charge is 0.328 e. The molecule has 4 N–H and O–H groups in total. The Balaban J connectivity index is 1.96. The predicted molar refractivity (Wildman–Crippen MR) is 236 cm³/mol. The molecule has 0 aromatic heterocycles. The van der Waals surface area contributed by atoms with E-state index in [1.54, 1.807) is 0 Å². The monoisotopic (exact) mass is 853 g/mol. The zero-order valence-corrected chi connectivity index (χ0v) is 36.4. The van der Waals surface area contributed by atoms with Gasteiger partial charge in [0, 0.05) is 26.2 Å². The van der Waals surface area contributed by atoms with Crippen molar-refractivity contribution in [1.29, 1.82) is 0 Å². The maximum absolute atomic E-state index is 14.3. The lowest BCUT2D eigenvalue weighted by molar-refractivity contribution is -0.147. The summed E-state index contributed by atoms with van der Waals surface area (Å²) in [5.41, 5.74) is 1.03. The van der Waals surface area contributed by atoms with Crippen LogP contribution in [0.25, 0.3) is 0 Å². The lowest BCUT2D eigenvalue weighted by atomic mass is 9.80. The highest BCUT2D eigenvalue weighted by atomic mass is 16.5. The SMILES string of the molecule is C=CCOC(=O)[C@H](CCC(=O)N[C@@H](CC(C)C)C(=O)C[C@@H](COC(c1ccccc1)(c1ccccc1)c1ccccc1)C(=O)NCC(=O)C[C@@H](CCCCC)C(=O)O)NC(C)=O. The Morgan fingerprint density at radius 2 is 1.32 bits per heavy atom. The van der Waals surface area contributed by atoms with Gasteiger partial charge in [-0.3, -0.25) is 28.8 Å². The molecule has 3 amide bonds. The van der Waals surface area contributed by atoms with Crippen LogP contribution in [0.15, 0.2) is 104 Å². The molecule has 0 unspecified atom stereocenters. The number of rotatable bonds is 29. The van der Waals surface area contributed by atoms with Gasteiger partial charge in [-0.25, -0.2) is 4.79 Å². The second-order valence-corrected chi connectivity index (χ2v) is 15.9. The summed E-state index contributed by atoms with van der Waals surface area (Å²) in [5, 5.41) is 17.7. The van der Waals surface area contributed by atoms with Crippen molar-refractivity contribution in [2.75, 3.05) is 19.8 Å². The third-order valence-electron chi connectivity index (χ3n) is 10.4. The van der Waals surface area contributed by atoms with Crippen LogP contribution in [0.1, 0.15) is 102 Å². The fraction of sp³-hybridized carbons (Fsp3) is 0.449. The van der Waals surface area contributed by atoms with Crippen LogP contribution in [0, 0.1) is 17.8 Å². The number of esters is 1. The second kappa shape index (κ2) is 26.4. The van der Waals surface area contributed by atoms with Gasteiger partial charge >= 0.3 is 11.9 Å². The highest BCUT2D eigenvalue weighted by Gasteiger charge is 2.40. The molecule has 3 rings (SSSR count). The molecule has 3 aromatic carbocycles. The number of aliphatic carboxylic acids is 1. The predicted octanol–water partition coefficient (Wildman–Crippen LogP) is 6.47. The molecule has 0 aliphatic carbocycles. The number of hydrogen-bond acceptors (Lipinski definition) is 9. The molecule has 62 heavy (non-hydrogen) atoms. The van der Waals surface area contributed by atoms with E-state index in [4.69, 9.17) is 9.47 Å². The van der Waals surface area contributed by atoms with Crippen molar-refractivity contribution in [1.82, 2.24) is 16.0 Å². The van der Waals surface area contributed by atoms with Gasteiger partial charge in [-0.1, -0.05) is 144 Å². The van der Waals surface area contributed by atoms with Crippen molar-refractivity contribution < 1.29 is 48.1 Å². The third-order valence-corrected chi connectivity index (χ3v) is 10.4. The fourth-order valence-electron chi connectivity index (χ4n) is 7.26. The molecular weight excluding hydrogens is 791 g/mol. The summed E-state index contributed by atoms with van der Waals surface area (Å²) in [6, 6.07) is 26.3. The van der Waals surface area contributed by atoms with Gasteiger partial charge in [0.1, 0.15) is 18.2 Å². The maximum Gasteiger partial charge on any atom is 0.328 e. The number of benzene rings is 3. The molecule has 0 saturated heterocycles. The first-order chi connectivity index (χ1) is 29.7. The van der Waals surface area contributed by atoms with Crippen LogP contribution in [0.5, 0.6) is 0 Å². The molecule has 13 nitrogen and oxygen atoms in total. The standard InChI is InChI=1S/C49H63N3O10/c1-6-8-12-19-36(47(58)59)30-41(54)32-50-46(57)37(31-44(55)43(29-34(3)4)52-45(56)27-26-42(51-35(5)53)48(60)61-28-7-2)33-62-49(38-20-13-9-14-21-38,39-22-15-10-16-23-39)40-24-17-11-18-25-40/h7,9-11,13-18,20-25,34,36-37,42-43H,2,6,8,12,19,26-33H2,1,3-5H3,(H,50,57)(H,51,53)(H,52,56)(H,58,59)/t36-,37+,42+,43+/m1/s1. The lowest BCUT2D eigenvalue weighted by Gasteiger charge is -2.37. The number of amides is 3. The van der Waals surface area contributed by atoms with E-state index in [-0.39, 0.29) is 51.2 Å². The van der Waals surface area contributed by atoms with Crippen molar-refractivity contribution in [2.45, 2.75) is 103 Å². The minimum Gasteiger partial charge on any atom is -0.481 e. The Morgan fingerprint density at radius 3 is 1.81 bits per heavy atom. The largest absolute Gasteiger partial charge is 0.481 e. The van der Waals surface area contributed by atoms with Crippen LogP contribution in [-0.2, 0) is 48.6 Å². The highest BCUT2D eigenvalue weighted by molar-refractivity contribution is 5.94. The Kier molecular flexibility index (Phi) is 21.5. The molecule has 0 aliphatic heterocycles. The number of nitrogens with one attached hydrogen (secondary N) is 3. The van der Waals surface area contributed by atoms with Gasteiger partial charge in [0.15, 0.2) is 11.6 Å². The van der Waals surface area contributed by atoms with E-state index in [1.165, 1.54) is 13.0 Å². The molecule has 0 heterocycles. The number of hydrogen-bond donors (Lipinski definition) is 4. The molecule has 13 heteroatoms. The number of ether oxygens (including phenoxy) is 2. The Hall–Kier alpha value is -5.95. The average Bonchev–Trinajstić information content (AvgIpc) is 3.26. The van der Waals surface area contributed by atoms with Crippen LogP contribution in [-0.4, -0.2) is 78.2 Å². The zero-order valence-electron chi connectivity index (χ0n) is 36.4. The molecule has 0 radical (unpaired) electrons.